The van der Waals surface area contributed by atoms with Crippen LogP contribution in [0.3, 0.4) is 0 Å². The molecule has 1 atom stereocenters. The number of carbonyl (C=O) groups is 1. The third-order valence-electron chi connectivity index (χ3n) is 4.10. The number of amides is 1. The average molecular weight is 379 g/mol. The summed E-state index contributed by atoms with van der Waals surface area (Å²) in [4.78, 5) is 13.9. The summed E-state index contributed by atoms with van der Waals surface area (Å²) in [5.41, 5.74) is 0. The van der Waals surface area contributed by atoms with Crippen LogP contribution in [0.5, 0.6) is 0 Å². The van der Waals surface area contributed by atoms with Crippen molar-refractivity contribution < 1.29 is 13.2 Å². The van der Waals surface area contributed by atoms with Gasteiger partial charge in [0.05, 0.1) is 5.02 Å². The van der Waals surface area contributed by atoms with Gasteiger partial charge in [0.15, 0.2) is 0 Å². The number of carbonyl (C=O) groups excluding carboxylic acids is 1. The number of rotatable bonds is 4. The number of piperazine rings is 1. The summed E-state index contributed by atoms with van der Waals surface area (Å²) in [5, 5.41) is 0.464. The zero-order valence-electron chi connectivity index (χ0n) is 13.1. The van der Waals surface area contributed by atoms with Gasteiger partial charge in [0.25, 0.3) is 0 Å². The smallest absolute Gasteiger partial charge is 0.244 e. The van der Waals surface area contributed by atoms with Gasteiger partial charge in [-0.05, 0) is 24.6 Å². The molecule has 1 unspecified atom stereocenters. The highest BCUT2D eigenvalue weighted by Gasteiger charge is 2.32. The molecule has 1 amide bonds. The second kappa shape index (κ2) is 7.38. The van der Waals surface area contributed by atoms with E-state index in [2.05, 4.69) is 0 Å². The lowest BCUT2D eigenvalue weighted by Crippen LogP contribution is -2.51. The van der Waals surface area contributed by atoms with Crippen LogP contribution in [0.4, 0.5) is 0 Å². The van der Waals surface area contributed by atoms with Gasteiger partial charge in [-0.25, -0.2) is 8.42 Å². The maximum Gasteiger partial charge on any atom is 0.244 e. The molecule has 1 aromatic rings. The van der Waals surface area contributed by atoms with E-state index in [-0.39, 0.29) is 34.8 Å². The molecule has 8 heteroatoms. The number of sulfonamides is 1. The summed E-state index contributed by atoms with van der Waals surface area (Å²) in [6, 6.07) is 4.38. The van der Waals surface area contributed by atoms with E-state index in [0.29, 0.717) is 18.1 Å². The topological polar surface area (TPSA) is 57.7 Å². The number of hydrogen-bond donors (Lipinski definition) is 0. The van der Waals surface area contributed by atoms with Crippen molar-refractivity contribution in [3.05, 3.63) is 28.2 Å². The van der Waals surface area contributed by atoms with Gasteiger partial charge in [-0.1, -0.05) is 37.0 Å². The maximum absolute atomic E-state index is 12.7. The summed E-state index contributed by atoms with van der Waals surface area (Å²) < 4.78 is 26.8. The number of halogens is 2. The molecule has 0 N–H and O–H groups in total. The van der Waals surface area contributed by atoms with E-state index in [4.69, 9.17) is 23.2 Å². The molecule has 23 heavy (non-hydrogen) atoms. The molecule has 5 nitrogen and oxygen atoms in total. The monoisotopic (exact) mass is 378 g/mol. The normalized spacial score (nSPS) is 18.0. The van der Waals surface area contributed by atoms with Crippen LogP contribution in [-0.2, 0) is 14.8 Å². The summed E-state index contributed by atoms with van der Waals surface area (Å²) in [5.74, 6) is 0.0332. The maximum atomic E-state index is 12.7. The first-order chi connectivity index (χ1) is 10.8. The summed E-state index contributed by atoms with van der Waals surface area (Å²) in [7, 11) is -3.71. The van der Waals surface area contributed by atoms with E-state index < -0.39 is 10.0 Å². The van der Waals surface area contributed by atoms with E-state index in [1.54, 1.807) is 11.0 Å². The van der Waals surface area contributed by atoms with Crippen molar-refractivity contribution >= 4 is 39.1 Å². The fourth-order valence-corrected chi connectivity index (χ4v) is 4.61. The highest BCUT2D eigenvalue weighted by Crippen LogP contribution is 2.28. The highest BCUT2D eigenvalue weighted by molar-refractivity contribution is 7.89. The molecular weight excluding hydrogens is 359 g/mol. The van der Waals surface area contributed by atoms with Gasteiger partial charge < -0.3 is 4.90 Å². The van der Waals surface area contributed by atoms with Gasteiger partial charge in [0, 0.05) is 37.1 Å². The highest BCUT2D eigenvalue weighted by atomic mass is 35.5. The Morgan fingerprint density at radius 3 is 2.39 bits per heavy atom. The number of nitrogens with zero attached hydrogens (tertiary/aromatic N) is 2. The zero-order chi connectivity index (χ0) is 17.2. The van der Waals surface area contributed by atoms with Crippen LogP contribution in [0.1, 0.15) is 20.3 Å². The molecule has 1 aliphatic rings. The Bertz CT molecular complexity index is 686. The molecule has 128 valence electrons. The minimum Gasteiger partial charge on any atom is -0.340 e. The molecule has 2 rings (SSSR count). The van der Waals surface area contributed by atoms with Crippen molar-refractivity contribution in [3.63, 3.8) is 0 Å². The third-order valence-corrected chi connectivity index (χ3v) is 6.71. The van der Waals surface area contributed by atoms with Crippen molar-refractivity contribution in [2.75, 3.05) is 26.2 Å². The Morgan fingerprint density at radius 2 is 1.83 bits per heavy atom. The lowest BCUT2D eigenvalue weighted by atomic mass is 10.1. The molecule has 1 saturated heterocycles. The Morgan fingerprint density at radius 1 is 1.22 bits per heavy atom. The average Bonchev–Trinajstić information content (AvgIpc) is 2.55. The predicted octanol–water partition coefficient (Wildman–Crippen LogP) is 2.87. The van der Waals surface area contributed by atoms with Gasteiger partial charge >= 0.3 is 0 Å². The fourth-order valence-electron chi connectivity index (χ4n) is 2.45. The van der Waals surface area contributed by atoms with E-state index >= 15 is 0 Å². The van der Waals surface area contributed by atoms with E-state index in [1.807, 2.05) is 13.8 Å². The lowest BCUT2D eigenvalue weighted by Gasteiger charge is -2.35. The van der Waals surface area contributed by atoms with Gasteiger partial charge in [-0.2, -0.15) is 4.31 Å². The molecular formula is C15H20Cl2N2O3S. The van der Waals surface area contributed by atoms with Gasteiger partial charge in [0.1, 0.15) is 4.90 Å². The molecule has 0 spiro atoms. The zero-order valence-corrected chi connectivity index (χ0v) is 15.5. The molecule has 0 aliphatic carbocycles. The Labute approximate surface area is 147 Å². The molecule has 0 aromatic heterocycles. The largest absolute Gasteiger partial charge is 0.340 e. The van der Waals surface area contributed by atoms with Gasteiger partial charge in [-0.15, -0.1) is 0 Å². The Kier molecular flexibility index (Phi) is 5.94. The van der Waals surface area contributed by atoms with Crippen LogP contribution in [0, 0.1) is 5.92 Å². The molecule has 0 radical (unpaired) electrons. The minimum atomic E-state index is -3.71. The van der Waals surface area contributed by atoms with Gasteiger partial charge in [0.2, 0.25) is 15.9 Å². The van der Waals surface area contributed by atoms with Crippen LogP contribution in [0.25, 0.3) is 0 Å². The molecule has 1 aliphatic heterocycles. The van der Waals surface area contributed by atoms with Crippen molar-refractivity contribution in [1.29, 1.82) is 0 Å². The van der Waals surface area contributed by atoms with Crippen molar-refractivity contribution in [3.8, 4) is 0 Å². The van der Waals surface area contributed by atoms with E-state index in [9.17, 15) is 13.2 Å². The summed E-state index contributed by atoms with van der Waals surface area (Å²) in [6.45, 7) is 5.14. The standard InChI is InChI=1S/C15H20Cl2N2O3S/c1-3-11(2)15(20)18-6-8-19(9-7-18)23(21,22)14-10-12(16)4-5-13(14)17/h4-5,10-11H,3,6-9H2,1-2H3. The van der Waals surface area contributed by atoms with Gasteiger partial charge in [-0.3, -0.25) is 4.79 Å². The Balaban J connectivity index is 2.13. The third kappa shape index (κ3) is 3.99. The fraction of sp³-hybridized carbons (Fsp3) is 0.533. The lowest BCUT2D eigenvalue weighted by molar-refractivity contribution is -0.136. The SMILES string of the molecule is CCC(C)C(=O)N1CCN(S(=O)(=O)c2cc(Cl)ccc2Cl)CC1. The van der Waals surface area contributed by atoms with E-state index in [0.717, 1.165) is 6.42 Å². The van der Waals surface area contributed by atoms with Crippen LogP contribution >= 0.6 is 23.2 Å². The van der Waals surface area contributed by atoms with Crippen LogP contribution in [0.15, 0.2) is 23.1 Å². The van der Waals surface area contributed by atoms with Crippen molar-refractivity contribution in [1.82, 2.24) is 9.21 Å². The predicted molar refractivity (Wildman–Crippen MR) is 91.3 cm³/mol. The second-order valence-electron chi connectivity index (χ2n) is 5.61. The first-order valence-electron chi connectivity index (χ1n) is 7.51. The number of benzene rings is 1. The molecule has 1 fully saturated rings. The second-order valence-corrected chi connectivity index (χ2v) is 8.36. The minimum absolute atomic E-state index is 0.00775. The Hall–Kier alpha value is -0.820. The first-order valence-corrected chi connectivity index (χ1v) is 9.71. The van der Waals surface area contributed by atoms with Crippen molar-refractivity contribution in [2.24, 2.45) is 5.92 Å². The van der Waals surface area contributed by atoms with Crippen molar-refractivity contribution in [2.45, 2.75) is 25.2 Å². The summed E-state index contributed by atoms with van der Waals surface area (Å²) >= 11 is 11.9. The van der Waals surface area contributed by atoms with E-state index in [1.165, 1.54) is 16.4 Å². The van der Waals surface area contributed by atoms with Crippen LogP contribution in [0.2, 0.25) is 10.0 Å². The van der Waals surface area contributed by atoms with Crippen LogP contribution < -0.4 is 0 Å². The molecule has 1 aromatic carbocycles. The first kappa shape index (κ1) is 18.5. The summed E-state index contributed by atoms with van der Waals surface area (Å²) in [6.07, 6.45) is 0.773. The number of hydrogen-bond acceptors (Lipinski definition) is 3. The molecule has 1 heterocycles. The molecule has 0 bridgehead atoms. The quantitative estimate of drug-likeness (QED) is 0.808. The van der Waals surface area contributed by atoms with Crippen LogP contribution in [-0.4, -0.2) is 49.7 Å². The molecule has 0 saturated carbocycles.